The molecule has 0 aromatic carbocycles. The highest BCUT2D eigenvalue weighted by atomic mass is 16.5. The predicted molar refractivity (Wildman–Crippen MR) is 90.6 cm³/mol. The van der Waals surface area contributed by atoms with Gasteiger partial charge in [-0.15, -0.1) is 5.10 Å². The minimum Gasteiger partial charge on any atom is -0.360 e. The van der Waals surface area contributed by atoms with Gasteiger partial charge in [0, 0.05) is 44.1 Å². The Balaban J connectivity index is 1.20. The van der Waals surface area contributed by atoms with E-state index < -0.39 is 0 Å². The molecule has 1 amide bonds. The van der Waals surface area contributed by atoms with E-state index in [4.69, 9.17) is 4.52 Å². The van der Waals surface area contributed by atoms with Crippen molar-refractivity contribution in [2.75, 3.05) is 31.1 Å². The molecule has 0 bridgehead atoms. The van der Waals surface area contributed by atoms with Crippen LogP contribution >= 0.6 is 0 Å². The number of hydrogen-bond acceptors (Lipinski definition) is 6. The monoisotopic (exact) mass is 339 g/mol. The van der Waals surface area contributed by atoms with Gasteiger partial charge in [-0.25, -0.2) is 0 Å². The van der Waals surface area contributed by atoms with Crippen LogP contribution in [0.15, 0.2) is 22.7 Å². The van der Waals surface area contributed by atoms with E-state index in [0.29, 0.717) is 30.6 Å². The average molecular weight is 339 g/mol. The van der Waals surface area contributed by atoms with Crippen LogP contribution in [0.1, 0.15) is 59.5 Å². The van der Waals surface area contributed by atoms with Crippen LogP contribution in [0.2, 0.25) is 0 Å². The fraction of sp³-hybridized carbons (Fsp3) is 0.556. The maximum atomic E-state index is 12.6. The van der Waals surface area contributed by atoms with E-state index in [1.54, 1.807) is 0 Å². The van der Waals surface area contributed by atoms with Crippen LogP contribution in [0, 0.1) is 0 Å². The molecule has 2 aromatic heterocycles. The molecule has 0 spiro atoms. The minimum atomic E-state index is -0.0366. The molecule has 3 aliphatic rings. The van der Waals surface area contributed by atoms with Crippen LogP contribution in [-0.4, -0.2) is 52.3 Å². The van der Waals surface area contributed by atoms with Crippen molar-refractivity contribution in [2.24, 2.45) is 0 Å². The SMILES string of the molecule is O=C(c1cc(C2CC2)on1)N1CCN(c2ccc(C3CC3)nn2)CC1. The molecule has 25 heavy (non-hydrogen) atoms. The molecule has 7 nitrogen and oxygen atoms in total. The van der Waals surface area contributed by atoms with E-state index in [0.717, 1.165) is 43.2 Å². The van der Waals surface area contributed by atoms with Gasteiger partial charge >= 0.3 is 0 Å². The molecule has 7 heteroatoms. The first-order valence-electron chi connectivity index (χ1n) is 9.12. The standard InChI is InChI=1S/C18H21N5O2/c24-18(15-11-16(25-21-15)13-3-4-13)23-9-7-22(8-10-23)17-6-5-14(19-20-17)12-1-2-12/h5-6,11-13H,1-4,7-10H2. The van der Waals surface area contributed by atoms with Crippen molar-refractivity contribution < 1.29 is 9.32 Å². The zero-order valence-electron chi connectivity index (χ0n) is 14.1. The number of nitrogens with zero attached hydrogens (tertiary/aromatic N) is 5. The predicted octanol–water partition coefficient (Wildman–Crippen LogP) is 2.18. The summed E-state index contributed by atoms with van der Waals surface area (Å²) in [6, 6.07) is 5.96. The van der Waals surface area contributed by atoms with Crippen molar-refractivity contribution >= 4 is 11.7 Å². The lowest BCUT2D eigenvalue weighted by Gasteiger charge is -2.34. The van der Waals surface area contributed by atoms with E-state index in [-0.39, 0.29) is 5.91 Å². The molecule has 2 aliphatic carbocycles. The van der Waals surface area contributed by atoms with E-state index >= 15 is 0 Å². The second-order valence-electron chi connectivity index (χ2n) is 7.26. The Morgan fingerprint density at radius 2 is 1.76 bits per heavy atom. The second kappa shape index (κ2) is 5.82. The third-order valence-corrected chi connectivity index (χ3v) is 5.28. The Labute approximate surface area is 146 Å². The van der Waals surface area contributed by atoms with Crippen LogP contribution in [0.25, 0.3) is 0 Å². The highest BCUT2D eigenvalue weighted by molar-refractivity contribution is 5.92. The number of amides is 1. The summed E-state index contributed by atoms with van der Waals surface area (Å²) < 4.78 is 5.30. The topological polar surface area (TPSA) is 75.4 Å². The molecule has 0 unspecified atom stereocenters. The molecule has 5 rings (SSSR count). The quantitative estimate of drug-likeness (QED) is 0.850. The third-order valence-electron chi connectivity index (χ3n) is 5.28. The van der Waals surface area contributed by atoms with Gasteiger partial charge in [0.2, 0.25) is 0 Å². The lowest BCUT2D eigenvalue weighted by atomic mass is 10.2. The summed E-state index contributed by atoms with van der Waals surface area (Å²) in [6.07, 6.45) is 4.75. The van der Waals surface area contributed by atoms with Gasteiger partial charge < -0.3 is 14.3 Å². The lowest BCUT2D eigenvalue weighted by Crippen LogP contribution is -2.49. The van der Waals surface area contributed by atoms with Crippen LogP contribution in [-0.2, 0) is 0 Å². The minimum absolute atomic E-state index is 0.0366. The first-order chi connectivity index (χ1) is 12.3. The molecule has 2 aromatic rings. The van der Waals surface area contributed by atoms with Gasteiger partial charge in [0.15, 0.2) is 11.5 Å². The molecule has 0 radical (unpaired) electrons. The average Bonchev–Trinajstić information content (AvgIpc) is 3.60. The Morgan fingerprint density at radius 1 is 1.00 bits per heavy atom. The van der Waals surface area contributed by atoms with Gasteiger partial charge in [-0.2, -0.15) is 5.10 Å². The Morgan fingerprint density at radius 3 is 2.40 bits per heavy atom. The van der Waals surface area contributed by atoms with Crippen molar-refractivity contribution in [3.05, 3.63) is 35.3 Å². The second-order valence-corrected chi connectivity index (χ2v) is 7.26. The third kappa shape index (κ3) is 2.99. The smallest absolute Gasteiger partial charge is 0.276 e. The summed E-state index contributed by atoms with van der Waals surface area (Å²) in [5, 5.41) is 12.7. The maximum absolute atomic E-state index is 12.6. The van der Waals surface area contributed by atoms with Crippen LogP contribution in [0.5, 0.6) is 0 Å². The fourth-order valence-electron chi connectivity index (χ4n) is 3.35. The first-order valence-corrected chi connectivity index (χ1v) is 9.12. The molecule has 130 valence electrons. The van der Waals surface area contributed by atoms with Crippen molar-refractivity contribution in [3.63, 3.8) is 0 Å². The number of carbonyl (C=O) groups is 1. The van der Waals surface area contributed by atoms with Gasteiger partial charge in [-0.05, 0) is 37.8 Å². The van der Waals surface area contributed by atoms with Gasteiger partial charge in [0.25, 0.3) is 5.91 Å². The van der Waals surface area contributed by atoms with Crippen LogP contribution in [0.4, 0.5) is 5.82 Å². The highest BCUT2D eigenvalue weighted by Gasteiger charge is 2.31. The summed E-state index contributed by atoms with van der Waals surface area (Å²) in [7, 11) is 0. The van der Waals surface area contributed by atoms with Crippen LogP contribution < -0.4 is 4.90 Å². The number of carbonyl (C=O) groups excluding carboxylic acids is 1. The van der Waals surface area contributed by atoms with Crippen LogP contribution in [0.3, 0.4) is 0 Å². The van der Waals surface area contributed by atoms with Crippen molar-refractivity contribution in [2.45, 2.75) is 37.5 Å². The normalized spacial score (nSPS) is 20.8. The van der Waals surface area contributed by atoms with E-state index in [2.05, 4.69) is 32.4 Å². The molecule has 0 N–H and O–H groups in total. The largest absolute Gasteiger partial charge is 0.360 e. The zero-order chi connectivity index (χ0) is 16.8. The fourth-order valence-corrected chi connectivity index (χ4v) is 3.35. The van der Waals surface area contributed by atoms with Crippen molar-refractivity contribution in [1.82, 2.24) is 20.3 Å². The van der Waals surface area contributed by atoms with Gasteiger partial charge in [-0.1, -0.05) is 5.16 Å². The first kappa shape index (κ1) is 14.9. The zero-order valence-corrected chi connectivity index (χ0v) is 14.1. The Bertz CT molecular complexity index is 771. The summed E-state index contributed by atoms with van der Waals surface area (Å²) in [4.78, 5) is 16.6. The molecule has 2 saturated carbocycles. The van der Waals surface area contributed by atoms with E-state index in [1.165, 1.54) is 12.8 Å². The van der Waals surface area contributed by atoms with Crippen molar-refractivity contribution in [1.29, 1.82) is 0 Å². The Kier molecular flexibility index (Phi) is 3.46. The van der Waals surface area contributed by atoms with E-state index in [9.17, 15) is 4.79 Å². The number of anilines is 1. The highest BCUT2D eigenvalue weighted by Crippen LogP contribution is 2.40. The van der Waals surface area contributed by atoms with Crippen molar-refractivity contribution in [3.8, 4) is 0 Å². The number of rotatable bonds is 4. The maximum Gasteiger partial charge on any atom is 0.276 e. The van der Waals surface area contributed by atoms with Gasteiger partial charge in [0.05, 0.1) is 5.69 Å². The molecule has 3 fully saturated rings. The molecular weight excluding hydrogens is 318 g/mol. The summed E-state index contributed by atoms with van der Waals surface area (Å²) in [6.45, 7) is 2.85. The molecule has 1 aliphatic heterocycles. The number of aromatic nitrogens is 3. The number of hydrogen-bond donors (Lipinski definition) is 0. The Hall–Kier alpha value is -2.44. The van der Waals surface area contributed by atoms with Gasteiger partial charge in [-0.3, -0.25) is 4.79 Å². The summed E-state index contributed by atoms with van der Waals surface area (Å²) in [5.74, 6) is 2.81. The molecule has 3 heterocycles. The summed E-state index contributed by atoms with van der Waals surface area (Å²) in [5.41, 5.74) is 1.54. The molecule has 0 atom stereocenters. The molecule has 1 saturated heterocycles. The summed E-state index contributed by atoms with van der Waals surface area (Å²) >= 11 is 0. The molecular formula is C18H21N5O2. The van der Waals surface area contributed by atoms with E-state index in [1.807, 2.05) is 11.0 Å². The lowest BCUT2D eigenvalue weighted by molar-refractivity contribution is 0.0736. The van der Waals surface area contributed by atoms with Gasteiger partial charge in [0.1, 0.15) is 5.76 Å². The number of piperazine rings is 1.